The van der Waals surface area contributed by atoms with E-state index in [1.54, 1.807) is 6.92 Å². The summed E-state index contributed by atoms with van der Waals surface area (Å²) in [4.78, 5) is 11.2. The SMILES string of the molecule is CCC1CCCN1S(=O)(=O)c1cc(C(=O)O)n(CC)c1. The van der Waals surface area contributed by atoms with Gasteiger partial charge in [0.1, 0.15) is 10.6 Å². The van der Waals surface area contributed by atoms with Crippen molar-refractivity contribution in [2.75, 3.05) is 6.54 Å². The molecule has 1 aromatic heterocycles. The number of carboxylic acid groups (broad SMARTS) is 1. The number of hydrogen-bond donors (Lipinski definition) is 1. The van der Waals surface area contributed by atoms with Gasteiger partial charge in [0.2, 0.25) is 10.0 Å². The highest BCUT2D eigenvalue weighted by Gasteiger charge is 2.35. The van der Waals surface area contributed by atoms with E-state index in [0.717, 1.165) is 19.3 Å². The Labute approximate surface area is 119 Å². The Balaban J connectivity index is 2.42. The van der Waals surface area contributed by atoms with Crippen LogP contribution in [-0.4, -0.2) is 41.0 Å². The van der Waals surface area contributed by atoms with Crippen LogP contribution in [-0.2, 0) is 16.6 Å². The van der Waals surface area contributed by atoms with Crippen molar-refractivity contribution >= 4 is 16.0 Å². The zero-order valence-corrected chi connectivity index (χ0v) is 12.6. The molecule has 2 heterocycles. The van der Waals surface area contributed by atoms with Crippen LogP contribution < -0.4 is 0 Å². The highest BCUT2D eigenvalue weighted by molar-refractivity contribution is 7.89. The molecular formula is C13H20N2O4S. The third-order valence-corrected chi connectivity index (χ3v) is 5.75. The fourth-order valence-electron chi connectivity index (χ4n) is 2.73. The molecule has 0 radical (unpaired) electrons. The second-order valence-electron chi connectivity index (χ2n) is 4.97. The third-order valence-electron chi connectivity index (χ3n) is 3.83. The third kappa shape index (κ3) is 2.47. The maximum Gasteiger partial charge on any atom is 0.352 e. The fourth-order valence-corrected chi connectivity index (χ4v) is 4.54. The predicted octanol–water partition coefficient (Wildman–Crippen LogP) is 1.77. The minimum atomic E-state index is -3.60. The highest BCUT2D eigenvalue weighted by Crippen LogP contribution is 2.28. The lowest BCUT2D eigenvalue weighted by atomic mass is 10.2. The summed E-state index contributed by atoms with van der Waals surface area (Å²) in [5.41, 5.74) is 0.0123. The molecule has 0 spiro atoms. The van der Waals surface area contributed by atoms with Crippen molar-refractivity contribution in [3.63, 3.8) is 0 Å². The van der Waals surface area contributed by atoms with Crippen LogP contribution in [0.5, 0.6) is 0 Å². The first-order valence-electron chi connectivity index (χ1n) is 6.87. The summed E-state index contributed by atoms with van der Waals surface area (Å²) in [5, 5.41) is 9.11. The van der Waals surface area contributed by atoms with E-state index >= 15 is 0 Å². The number of sulfonamides is 1. The minimum Gasteiger partial charge on any atom is -0.477 e. The maximum absolute atomic E-state index is 12.6. The first-order valence-corrected chi connectivity index (χ1v) is 8.31. The van der Waals surface area contributed by atoms with Crippen LogP contribution in [0.1, 0.15) is 43.6 Å². The van der Waals surface area contributed by atoms with Gasteiger partial charge in [-0.3, -0.25) is 0 Å². The second kappa shape index (κ2) is 5.57. The minimum absolute atomic E-state index is 0.0123. The summed E-state index contributed by atoms with van der Waals surface area (Å²) in [6, 6.07) is 1.28. The molecule has 7 heteroatoms. The van der Waals surface area contributed by atoms with E-state index in [-0.39, 0.29) is 16.6 Å². The van der Waals surface area contributed by atoms with Gasteiger partial charge in [0, 0.05) is 25.3 Å². The summed E-state index contributed by atoms with van der Waals surface area (Å²) in [7, 11) is -3.60. The number of rotatable bonds is 5. The molecule has 0 amide bonds. The van der Waals surface area contributed by atoms with E-state index in [1.165, 1.54) is 21.1 Å². The van der Waals surface area contributed by atoms with E-state index in [2.05, 4.69) is 0 Å². The normalized spacial score (nSPS) is 20.4. The molecule has 112 valence electrons. The largest absolute Gasteiger partial charge is 0.477 e. The zero-order valence-electron chi connectivity index (χ0n) is 11.7. The molecule has 1 aromatic rings. The van der Waals surface area contributed by atoms with Gasteiger partial charge in [-0.1, -0.05) is 6.92 Å². The quantitative estimate of drug-likeness (QED) is 0.898. The van der Waals surface area contributed by atoms with Gasteiger partial charge in [0.05, 0.1) is 0 Å². The van der Waals surface area contributed by atoms with Crippen molar-refractivity contribution < 1.29 is 18.3 Å². The van der Waals surface area contributed by atoms with Gasteiger partial charge in [-0.05, 0) is 32.3 Å². The van der Waals surface area contributed by atoms with Crippen molar-refractivity contribution in [3.8, 4) is 0 Å². The molecule has 0 bridgehead atoms. The topological polar surface area (TPSA) is 79.6 Å². The molecule has 0 aromatic carbocycles. The van der Waals surface area contributed by atoms with Gasteiger partial charge in [-0.15, -0.1) is 0 Å². The average Bonchev–Trinajstić information content (AvgIpc) is 3.05. The van der Waals surface area contributed by atoms with Gasteiger partial charge >= 0.3 is 5.97 Å². The molecule has 1 aliphatic rings. The van der Waals surface area contributed by atoms with Crippen molar-refractivity contribution in [1.82, 2.24) is 8.87 Å². The standard InChI is InChI=1S/C13H20N2O4S/c1-3-10-6-5-7-15(10)20(18,19)11-8-12(13(16)17)14(4-2)9-11/h8-10H,3-7H2,1-2H3,(H,16,17). The first-order chi connectivity index (χ1) is 9.41. The average molecular weight is 300 g/mol. The number of aryl methyl sites for hydroxylation is 1. The summed E-state index contributed by atoms with van der Waals surface area (Å²) in [5.74, 6) is -1.11. The zero-order chi connectivity index (χ0) is 14.9. The Morgan fingerprint density at radius 1 is 1.45 bits per heavy atom. The fraction of sp³-hybridized carbons (Fsp3) is 0.615. The van der Waals surface area contributed by atoms with Crippen molar-refractivity contribution in [3.05, 3.63) is 18.0 Å². The number of aromatic nitrogens is 1. The summed E-state index contributed by atoms with van der Waals surface area (Å²) < 4.78 is 28.2. The lowest BCUT2D eigenvalue weighted by Crippen LogP contribution is -2.34. The Morgan fingerprint density at radius 3 is 2.65 bits per heavy atom. The molecule has 0 aliphatic carbocycles. The maximum atomic E-state index is 12.6. The number of hydrogen-bond acceptors (Lipinski definition) is 3. The van der Waals surface area contributed by atoms with Crippen LogP contribution in [0.4, 0.5) is 0 Å². The molecule has 0 saturated carbocycles. The summed E-state index contributed by atoms with van der Waals surface area (Å²) >= 11 is 0. The first kappa shape index (κ1) is 15.1. The van der Waals surface area contributed by atoms with Crippen LogP contribution in [0.15, 0.2) is 17.2 Å². The highest BCUT2D eigenvalue weighted by atomic mass is 32.2. The lowest BCUT2D eigenvalue weighted by Gasteiger charge is -2.22. The number of aromatic carboxylic acids is 1. The van der Waals surface area contributed by atoms with Crippen molar-refractivity contribution in [2.24, 2.45) is 0 Å². The van der Waals surface area contributed by atoms with Crippen molar-refractivity contribution in [1.29, 1.82) is 0 Å². The van der Waals surface area contributed by atoms with E-state index in [1.807, 2.05) is 6.92 Å². The lowest BCUT2D eigenvalue weighted by molar-refractivity contribution is 0.0685. The number of nitrogens with zero attached hydrogens (tertiary/aromatic N) is 2. The van der Waals surface area contributed by atoms with Gasteiger partial charge in [-0.25, -0.2) is 13.2 Å². The summed E-state index contributed by atoms with van der Waals surface area (Å²) in [6.45, 7) is 4.70. The Hall–Kier alpha value is -1.34. The molecule has 1 saturated heterocycles. The molecule has 1 unspecified atom stereocenters. The Kier molecular flexibility index (Phi) is 4.19. The molecule has 1 N–H and O–H groups in total. The molecule has 2 rings (SSSR count). The molecule has 1 aliphatic heterocycles. The molecule has 1 atom stereocenters. The van der Waals surface area contributed by atoms with Gasteiger partial charge in [0.15, 0.2) is 0 Å². The molecular weight excluding hydrogens is 280 g/mol. The number of carboxylic acids is 1. The summed E-state index contributed by atoms with van der Waals surface area (Å²) in [6.07, 6.45) is 3.93. The van der Waals surface area contributed by atoms with E-state index in [0.29, 0.717) is 13.1 Å². The van der Waals surface area contributed by atoms with Gasteiger partial charge in [0.25, 0.3) is 0 Å². The molecule has 1 fully saturated rings. The monoisotopic (exact) mass is 300 g/mol. The van der Waals surface area contributed by atoms with Gasteiger partial charge in [-0.2, -0.15) is 4.31 Å². The Bertz CT molecular complexity index is 606. The van der Waals surface area contributed by atoms with Gasteiger partial charge < -0.3 is 9.67 Å². The van der Waals surface area contributed by atoms with E-state index in [9.17, 15) is 13.2 Å². The Morgan fingerprint density at radius 2 is 2.15 bits per heavy atom. The van der Waals surface area contributed by atoms with Crippen LogP contribution in [0.2, 0.25) is 0 Å². The molecule has 20 heavy (non-hydrogen) atoms. The van der Waals surface area contributed by atoms with Crippen LogP contribution in [0, 0.1) is 0 Å². The second-order valence-corrected chi connectivity index (χ2v) is 6.86. The van der Waals surface area contributed by atoms with Crippen LogP contribution in [0.25, 0.3) is 0 Å². The number of carbonyl (C=O) groups is 1. The van der Waals surface area contributed by atoms with E-state index in [4.69, 9.17) is 5.11 Å². The molecule has 6 nitrogen and oxygen atoms in total. The predicted molar refractivity (Wildman–Crippen MR) is 74.3 cm³/mol. The smallest absolute Gasteiger partial charge is 0.352 e. The van der Waals surface area contributed by atoms with E-state index < -0.39 is 16.0 Å². The van der Waals surface area contributed by atoms with Crippen LogP contribution in [0.3, 0.4) is 0 Å². The van der Waals surface area contributed by atoms with Crippen LogP contribution >= 0.6 is 0 Å². The van der Waals surface area contributed by atoms with Crippen molar-refractivity contribution in [2.45, 2.75) is 50.6 Å².